The van der Waals surface area contributed by atoms with Crippen LogP contribution in [0.25, 0.3) is 0 Å². The molecule has 1 aromatic heterocycles. The molecule has 2 aromatic rings. The molecule has 2 rings (SSSR count). The van der Waals surface area contributed by atoms with Gasteiger partial charge in [-0.1, -0.05) is 17.7 Å². The van der Waals surface area contributed by atoms with Crippen molar-refractivity contribution in [1.82, 2.24) is 9.97 Å². The van der Waals surface area contributed by atoms with Crippen molar-refractivity contribution in [2.75, 3.05) is 10.7 Å². The van der Waals surface area contributed by atoms with Crippen LogP contribution in [0.15, 0.2) is 24.4 Å². The van der Waals surface area contributed by atoms with Crippen LogP contribution in [0.1, 0.15) is 5.56 Å². The summed E-state index contributed by atoms with van der Waals surface area (Å²) >= 11 is 5.98. The average Bonchev–Trinajstić information content (AvgIpc) is 2.37. The van der Waals surface area contributed by atoms with Crippen LogP contribution < -0.4 is 16.6 Å². The zero-order chi connectivity index (χ0) is 13.1. The highest BCUT2D eigenvalue weighted by Crippen LogP contribution is 2.26. The van der Waals surface area contributed by atoms with Crippen LogP contribution in [0.4, 0.5) is 21.8 Å². The summed E-state index contributed by atoms with van der Waals surface area (Å²) in [7, 11) is 0. The number of rotatable bonds is 3. The molecule has 5 nitrogen and oxygen atoms in total. The second-order valence-electron chi connectivity index (χ2n) is 3.57. The molecule has 94 valence electrons. The van der Waals surface area contributed by atoms with Crippen molar-refractivity contribution in [2.24, 2.45) is 5.84 Å². The predicted molar refractivity (Wildman–Crippen MR) is 69.3 cm³/mol. The number of anilines is 3. The number of nitrogen functional groups attached to an aromatic ring is 1. The first-order chi connectivity index (χ1) is 8.61. The fourth-order valence-electron chi connectivity index (χ4n) is 1.39. The molecule has 0 saturated heterocycles. The van der Waals surface area contributed by atoms with E-state index in [0.717, 1.165) is 11.8 Å². The van der Waals surface area contributed by atoms with Gasteiger partial charge in [0.25, 0.3) is 0 Å². The third kappa shape index (κ3) is 2.49. The molecule has 1 heterocycles. The molecule has 0 spiro atoms. The molecular weight excluding hydrogens is 257 g/mol. The molecule has 0 saturated carbocycles. The van der Waals surface area contributed by atoms with E-state index in [1.54, 1.807) is 18.2 Å². The number of hydrogen-bond donors (Lipinski definition) is 3. The number of nitrogens with two attached hydrogens (primary N) is 1. The lowest BCUT2D eigenvalue weighted by molar-refractivity contribution is 0.619. The molecule has 18 heavy (non-hydrogen) atoms. The quantitative estimate of drug-likeness (QED) is 0.589. The Morgan fingerprint density at radius 2 is 2.17 bits per heavy atom. The van der Waals surface area contributed by atoms with Gasteiger partial charge in [-0.3, -0.25) is 5.43 Å². The van der Waals surface area contributed by atoms with Crippen molar-refractivity contribution in [2.45, 2.75) is 6.92 Å². The van der Waals surface area contributed by atoms with Gasteiger partial charge in [0.1, 0.15) is 0 Å². The predicted octanol–water partition coefficient (Wildman–Crippen LogP) is 2.61. The molecule has 0 fully saturated rings. The highest BCUT2D eigenvalue weighted by Gasteiger charge is 2.09. The van der Waals surface area contributed by atoms with E-state index in [1.807, 2.05) is 6.92 Å². The topological polar surface area (TPSA) is 75.9 Å². The first-order valence-corrected chi connectivity index (χ1v) is 5.51. The average molecular weight is 268 g/mol. The third-order valence-corrected chi connectivity index (χ3v) is 2.80. The Morgan fingerprint density at radius 3 is 2.89 bits per heavy atom. The number of hydrazine groups is 1. The standard InChI is InChI=1S/C11H11ClFN5/c1-6-7(12)3-2-4-9(6)16-10-8(13)5-15-11(17-10)18-14/h2-5H,14H2,1H3,(H2,15,16,17,18). The van der Waals surface area contributed by atoms with Gasteiger partial charge in [0, 0.05) is 10.7 Å². The van der Waals surface area contributed by atoms with Crippen molar-refractivity contribution < 1.29 is 4.39 Å². The van der Waals surface area contributed by atoms with Crippen LogP contribution in [-0.4, -0.2) is 9.97 Å². The van der Waals surface area contributed by atoms with E-state index in [1.165, 1.54) is 0 Å². The van der Waals surface area contributed by atoms with E-state index in [2.05, 4.69) is 20.7 Å². The van der Waals surface area contributed by atoms with E-state index in [-0.39, 0.29) is 11.8 Å². The molecule has 0 unspecified atom stereocenters. The van der Waals surface area contributed by atoms with E-state index in [4.69, 9.17) is 17.4 Å². The van der Waals surface area contributed by atoms with Crippen LogP contribution in [0.3, 0.4) is 0 Å². The van der Waals surface area contributed by atoms with Gasteiger partial charge in [0.2, 0.25) is 5.95 Å². The van der Waals surface area contributed by atoms with Crippen LogP contribution >= 0.6 is 11.6 Å². The lowest BCUT2D eigenvalue weighted by atomic mass is 10.2. The fraction of sp³-hybridized carbons (Fsp3) is 0.0909. The number of halogens is 2. The lowest BCUT2D eigenvalue weighted by Crippen LogP contribution is -2.12. The molecule has 0 aliphatic rings. The van der Waals surface area contributed by atoms with Crippen molar-refractivity contribution in [1.29, 1.82) is 0 Å². The first-order valence-electron chi connectivity index (χ1n) is 5.13. The van der Waals surface area contributed by atoms with Gasteiger partial charge in [-0.15, -0.1) is 0 Å². The van der Waals surface area contributed by atoms with E-state index < -0.39 is 5.82 Å². The molecule has 1 aromatic carbocycles. The number of nitrogens with one attached hydrogen (secondary N) is 2. The summed E-state index contributed by atoms with van der Waals surface area (Å²) in [6.07, 6.45) is 1.03. The summed E-state index contributed by atoms with van der Waals surface area (Å²) in [5.41, 5.74) is 3.73. The number of hydrogen-bond acceptors (Lipinski definition) is 5. The summed E-state index contributed by atoms with van der Waals surface area (Å²) in [6, 6.07) is 5.29. The van der Waals surface area contributed by atoms with Gasteiger partial charge < -0.3 is 5.32 Å². The van der Waals surface area contributed by atoms with Crippen LogP contribution in [0.5, 0.6) is 0 Å². The molecule has 0 radical (unpaired) electrons. The number of aromatic nitrogens is 2. The van der Waals surface area contributed by atoms with Crippen LogP contribution in [0.2, 0.25) is 5.02 Å². The number of benzene rings is 1. The lowest BCUT2D eigenvalue weighted by Gasteiger charge is -2.11. The second-order valence-corrected chi connectivity index (χ2v) is 3.98. The maximum Gasteiger partial charge on any atom is 0.239 e. The largest absolute Gasteiger partial charge is 0.337 e. The molecule has 7 heteroatoms. The minimum atomic E-state index is -0.576. The van der Waals surface area contributed by atoms with E-state index in [0.29, 0.717) is 10.7 Å². The molecule has 0 atom stereocenters. The molecule has 0 aliphatic carbocycles. The van der Waals surface area contributed by atoms with Crippen LogP contribution in [-0.2, 0) is 0 Å². The molecule has 0 aliphatic heterocycles. The zero-order valence-electron chi connectivity index (χ0n) is 9.54. The van der Waals surface area contributed by atoms with Gasteiger partial charge in [-0.2, -0.15) is 4.98 Å². The molecule has 0 bridgehead atoms. The van der Waals surface area contributed by atoms with E-state index >= 15 is 0 Å². The maximum atomic E-state index is 13.5. The Kier molecular flexibility index (Phi) is 3.59. The van der Waals surface area contributed by atoms with Gasteiger partial charge >= 0.3 is 0 Å². The summed E-state index contributed by atoms with van der Waals surface area (Å²) in [5, 5.41) is 3.44. The maximum absolute atomic E-state index is 13.5. The summed E-state index contributed by atoms with van der Waals surface area (Å²) in [6.45, 7) is 1.83. The molecule has 4 N–H and O–H groups in total. The first kappa shape index (κ1) is 12.5. The molecular formula is C11H11ClFN5. The minimum Gasteiger partial charge on any atom is -0.337 e. The highest BCUT2D eigenvalue weighted by molar-refractivity contribution is 6.31. The van der Waals surface area contributed by atoms with Crippen molar-refractivity contribution >= 4 is 29.1 Å². The number of nitrogens with zero attached hydrogens (tertiary/aromatic N) is 2. The smallest absolute Gasteiger partial charge is 0.239 e. The van der Waals surface area contributed by atoms with Gasteiger partial charge in [0.15, 0.2) is 11.6 Å². The normalized spacial score (nSPS) is 10.2. The SMILES string of the molecule is Cc1c(Cl)cccc1Nc1nc(NN)ncc1F. The fourth-order valence-corrected chi connectivity index (χ4v) is 1.57. The highest BCUT2D eigenvalue weighted by atomic mass is 35.5. The Morgan fingerprint density at radius 1 is 1.39 bits per heavy atom. The Hall–Kier alpha value is -1.92. The Bertz CT molecular complexity index is 575. The summed E-state index contributed by atoms with van der Waals surface area (Å²) < 4.78 is 13.5. The molecule has 0 amide bonds. The van der Waals surface area contributed by atoms with Crippen molar-refractivity contribution in [3.63, 3.8) is 0 Å². The second kappa shape index (κ2) is 5.16. The Balaban J connectivity index is 2.36. The zero-order valence-corrected chi connectivity index (χ0v) is 10.3. The van der Waals surface area contributed by atoms with E-state index in [9.17, 15) is 4.39 Å². The van der Waals surface area contributed by atoms with Gasteiger partial charge in [-0.05, 0) is 24.6 Å². The summed E-state index contributed by atoms with van der Waals surface area (Å²) in [4.78, 5) is 7.53. The summed E-state index contributed by atoms with van der Waals surface area (Å²) in [5.74, 6) is 4.75. The third-order valence-electron chi connectivity index (χ3n) is 2.39. The van der Waals surface area contributed by atoms with Crippen LogP contribution in [0, 0.1) is 12.7 Å². The Labute approximate surface area is 108 Å². The van der Waals surface area contributed by atoms with Crippen molar-refractivity contribution in [3.8, 4) is 0 Å². The minimum absolute atomic E-state index is 0.0308. The van der Waals surface area contributed by atoms with Gasteiger partial charge in [0.05, 0.1) is 6.20 Å². The van der Waals surface area contributed by atoms with Gasteiger partial charge in [-0.25, -0.2) is 15.2 Å². The monoisotopic (exact) mass is 267 g/mol. The van der Waals surface area contributed by atoms with Crippen molar-refractivity contribution in [3.05, 3.63) is 40.8 Å².